The quantitative estimate of drug-likeness (QED) is 0.605. The van der Waals surface area contributed by atoms with Gasteiger partial charge in [-0.15, -0.1) is 16.4 Å². The van der Waals surface area contributed by atoms with E-state index >= 15 is 0 Å². The van der Waals surface area contributed by atoms with Crippen molar-refractivity contribution in [3.8, 4) is 0 Å². The van der Waals surface area contributed by atoms with Crippen LogP contribution in [0.25, 0.3) is 21.3 Å². The highest BCUT2D eigenvalue weighted by atomic mass is 32.1. The highest BCUT2D eigenvalue weighted by Crippen LogP contribution is 2.29. The molecule has 4 heterocycles. The van der Waals surface area contributed by atoms with E-state index in [1.54, 1.807) is 22.2 Å². The van der Waals surface area contributed by atoms with Crippen LogP contribution >= 0.6 is 11.3 Å². The van der Waals surface area contributed by atoms with Gasteiger partial charge in [-0.1, -0.05) is 17.3 Å². The van der Waals surface area contributed by atoms with Crippen LogP contribution in [0.1, 0.15) is 10.4 Å². The summed E-state index contributed by atoms with van der Waals surface area (Å²) in [4.78, 5) is 19.6. The lowest BCUT2D eigenvalue weighted by Gasteiger charge is -2.12. The monoisotopic (exact) mass is 352 g/mol. The summed E-state index contributed by atoms with van der Waals surface area (Å²) in [5.74, 6) is 0. The Kier molecular flexibility index (Phi) is 3.39. The maximum atomic E-state index is 12.9. The first-order valence-electron chi connectivity index (χ1n) is 8.30. The van der Waals surface area contributed by atoms with Crippen LogP contribution in [-0.4, -0.2) is 31.1 Å². The van der Waals surface area contributed by atoms with E-state index in [0.717, 1.165) is 40.8 Å². The molecule has 5 rings (SSSR count). The van der Waals surface area contributed by atoms with E-state index in [0.29, 0.717) is 13.1 Å². The average Bonchev–Trinajstić information content (AvgIpc) is 3.22. The van der Waals surface area contributed by atoms with Crippen molar-refractivity contribution in [2.75, 3.05) is 6.54 Å². The van der Waals surface area contributed by atoms with Gasteiger partial charge >= 0.3 is 0 Å². The second-order valence-electron chi connectivity index (χ2n) is 6.16. The minimum absolute atomic E-state index is 0.0498. The first kappa shape index (κ1) is 14.7. The molecule has 8 heteroatoms. The fourth-order valence-electron chi connectivity index (χ4n) is 3.39. The number of thiophene rings is 1. The van der Waals surface area contributed by atoms with Crippen LogP contribution < -0.4 is 10.9 Å². The number of nitrogens with one attached hydrogen (secondary N) is 1. The summed E-state index contributed by atoms with van der Waals surface area (Å²) in [5, 5.41) is 12.5. The van der Waals surface area contributed by atoms with E-state index < -0.39 is 0 Å². The molecule has 0 fully saturated rings. The maximum absolute atomic E-state index is 12.9. The number of aromatic nitrogens is 5. The molecule has 0 radical (unpaired) electrons. The normalized spacial score (nSPS) is 14.2. The van der Waals surface area contributed by atoms with E-state index in [1.807, 2.05) is 28.9 Å². The second kappa shape index (κ2) is 5.75. The zero-order chi connectivity index (χ0) is 16.8. The molecule has 1 N–H and O–H groups in total. The van der Waals surface area contributed by atoms with Gasteiger partial charge in [-0.3, -0.25) is 9.36 Å². The molecule has 1 aliphatic heterocycles. The number of rotatable bonds is 3. The van der Waals surface area contributed by atoms with E-state index in [2.05, 4.69) is 20.6 Å². The van der Waals surface area contributed by atoms with E-state index in [-0.39, 0.29) is 5.56 Å². The van der Waals surface area contributed by atoms with Crippen molar-refractivity contribution in [2.24, 2.45) is 0 Å². The number of fused-ring (bicyclic) bond motifs is 4. The zero-order valence-electron chi connectivity index (χ0n) is 13.5. The predicted octanol–water partition coefficient (Wildman–Crippen LogP) is 1.55. The molecule has 0 aliphatic carbocycles. The summed E-state index contributed by atoms with van der Waals surface area (Å²) in [6.45, 7) is 2.86. The molecule has 0 spiro atoms. The largest absolute Gasteiger partial charge is 0.312 e. The second-order valence-corrected chi connectivity index (χ2v) is 7.24. The Morgan fingerprint density at radius 1 is 1.24 bits per heavy atom. The Morgan fingerprint density at radius 2 is 2.16 bits per heavy atom. The predicted molar refractivity (Wildman–Crippen MR) is 96.8 cm³/mol. The first-order valence-corrected chi connectivity index (χ1v) is 9.11. The Morgan fingerprint density at radius 3 is 3.12 bits per heavy atom. The van der Waals surface area contributed by atoms with Gasteiger partial charge in [0.1, 0.15) is 10.3 Å². The molecule has 0 atom stereocenters. The van der Waals surface area contributed by atoms with Gasteiger partial charge in [-0.05, 0) is 30.7 Å². The van der Waals surface area contributed by atoms with Crippen molar-refractivity contribution in [2.45, 2.75) is 26.1 Å². The number of hydrogen-bond donors (Lipinski definition) is 1. The Hall–Kier alpha value is -2.58. The molecule has 0 saturated heterocycles. The molecule has 0 amide bonds. The lowest BCUT2D eigenvalue weighted by molar-refractivity contribution is 0.520. The highest BCUT2D eigenvalue weighted by Gasteiger charge is 2.19. The molecule has 1 aromatic carbocycles. The Labute approximate surface area is 146 Å². The molecule has 3 aromatic heterocycles. The van der Waals surface area contributed by atoms with Crippen LogP contribution in [-0.2, 0) is 26.1 Å². The standard InChI is InChI=1S/C17H16N6OS/c24-17-15-11-5-6-18-9-14(11)25-16(15)19-10-22(17)7-8-23-13-4-2-1-3-12(13)20-21-23/h1-4,10,18H,5-9H2. The number of aryl methyl sites for hydroxylation is 2. The third kappa shape index (κ3) is 2.37. The summed E-state index contributed by atoms with van der Waals surface area (Å²) < 4.78 is 3.52. The van der Waals surface area contributed by atoms with Gasteiger partial charge < -0.3 is 5.32 Å². The van der Waals surface area contributed by atoms with Crippen LogP contribution in [0.3, 0.4) is 0 Å². The number of nitrogens with zero attached hydrogens (tertiary/aromatic N) is 5. The summed E-state index contributed by atoms with van der Waals surface area (Å²) in [6.07, 6.45) is 2.54. The summed E-state index contributed by atoms with van der Waals surface area (Å²) >= 11 is 1.63. The lowest BCUT2D eigenvalue weighted by Crippen LogP contribution is -2.26. The third-order valence-corrected chi connectivity index (χ3v) is 5.81. The van der Waals surface area contributed by atoms with Gasteiger partial charge in [0.25, 0.3) is 5.56 Å². The van der Waals surface area contributed by atoms with Crippen LogP contribution in [0.15, 0.2) is 35.4 Å². The molecular weight excluding hydrogens is 336 g/mol. The van der Waals surface area contributed by atoms with Crippen molar-refractivity contribution < 1.29 is 0 Å². The topological polar surface area (TPSA) is 77.6 Å². The minimum Gasteiger partial charge on any atom is -0.312 e. The molecule has 25 heavy (non-hydrogen) atoms. The summed E-state index contributed by atoms with van der Waals surface area (Å²) in [7, 11) is 0. The van der Waals surface area contributed by atoms with Gasteiger partial charge in [0.2, 0.25) is 0 Å². The van der Waals surface area contributed by atoms with Crippen LogP contribution in [0.4, 0.5) is 0 Å². The van der Waals surface area contributed by atoms with E-state index in [9.17, 15) is 4.79 Å². The van der Waals surface area contributed by atoms with Crippen LogP contribution in [0.5, 0.6) is 0 Å². The SMILES string of the molecule is O=c1c2c3c(sc2ncn1CCn1nnc2ccccc21)CNCC3. The van der Waals surface area contributed by atoms with Gasteiger partial charge in [-0.25, -0.2) is 9.67 Å². The molecule has 126 valence electrons. The van der Waals surface area contributed by atoms with E-state index in [1.165, 1.54) is 10.4 Å². The van der Waals surface area contributed by atoms with Crippen molar-refractivity contribution in [1.29, 1.82) is 0 Å². The molecule has 0 unspecified atom stereocenters. The Balaban J connectivity index is 1.51. The highest BCUT2D eigenvalue weighted by molar-refractivity contribution is 7.18. The lowest BCUT2D eigenvalue weighted by atomic mass is 10.1. The van der Waals surface area contributed by atoms with Crippen molar-refractivity contribution >= 4 is 32.6 Å². The summed E-state index contributed by atoms with van der Waals surface area (Å²) in [5.41, 5.74) is 3.07. The molecular formula is C17H16N6OS. The molecule has 0 bridgehead atoms. The van der Waals surface area contributed by atoms with Gasteiger partial charge in [0.05, 0.1) is 23.8 Å². The fraction of sp³-hybridized carbons (Fsp3) is 0.294. The molecule has 1 aliphatic rings. The van der Waals surface area contributed by atoms with Gasteiger partial charge in [0, 0.05) is 18.0 Å². The van der Waals surface area contributed by atoms with E-state index in [4.69, 9.17) is 0 Å². The van der Waals surface area contributed by atoms with Crippen molar-refractivity contribution in [1.82, 2.24) is 29.9 Å². The number of para-hydroxylation sites is 1. The van der Waals surface area contributed by atoms with Crippen molar-refractivity contribution in [3.63, 3.8) is 0 Å². The third-order valence-electron chi connectivity index (χ3n) is 4.67. The smallest absolute Gasteiger partial charge is 0.262 e. The number of benzene rings is 1. The van der Waals surface area contributed by atoms with Crippen molar-refractivity contribution in [3.05, 3.63) is 51.4 Å². The summed E-state index contributed by atoms with van der Waals surface area (Å²) in [6, 6.07) is 7.83. The minimum atomic E-state index is 0.0498. The Bertz CT molecular complexity index is 1140. The maximum Gasteiger partial charge on any atom is 0.262 e. The average molecular weight is 352 g/mol. The fourth-order valence-corrected chi connectivity index (χ4v) is 4.54. The van der Waals surface area contributed by atoms with Crippen LogP contribution in [0, 0.1) is 0 Å². The molecule has 7 nitrogen and oxygen atoms in total. The van der Waals surface area contributed by atoms with Gasteiger partial charge in [0.15, 0.2) is 0 Å². The zero-order valence-corrected chi connectivity index (χ0v) is 14.3. The van der Waals surface area contributed by atoms with Crippen LogP contribution in [0.2, 0.25) is 0 Å². The first-order chi connectivity index (χ1) is 12.3. The molecule has 4 aromatic rings. The van der Waals surface area contributed by atoms with Gasteiger partial charge in [-0.2, -0.15) is 0 Å². The molecule has 0 saturated carbocycles. The number of hydrogen-bond acceptors (Lipinski definition) is 6.